The Kier molecular flexibility index (Phi) is 97.8. The predicted molar refractivity (Wildman–Crippen MR) is 17.3 cm³/mol. The standard InChI is InChI=1S/Al.Ba.Ca.Fe. The Labute approximate surface area is 118 Å². The fourth-order valence-electron chi connectivity index (χ4n) is 0. The molecule has 0 saturated heterocycles. The average Bonchev–Trinajstić information content (AvgIpc) is 0. The SMILES string of the molecule is [Al].[Ba].[Ca].[Fe]. The van der Waals surface area contributed by atoms with Gasteiger partial charge in [0.2, 0.25) is 0 Å². The van der Waals surface area contributed by atoms with Crippen molar-refractivity contribution in [2.24, 2.45) is 0 Å². The van der Waals surface area contributed by atoms with E-state index in [1.54, 1.807) is 0 Å². The molecule has 15 valence electrons. The van der Waals surface area contributed by atoms with Crippen LogP contribution in [0.1, 0.15) is 0 Å². The van der Waals surface area contributed by atoms with Crippen LogP contribution in [0.5, 0.6) is 0 Å². The summed E-state index contributed by atoms with van der Waals surface area (Å²) in [5.41, 5.74) is 0. The fourth-order valence-corrected chi connectivity index (χ4v) is 0. The van der Waals surface area contributed by atoms with E-state index in [-0.39, 0.29) is 121 Å². The molecule has 0 nitrogen and oxygen atoms in total. The Morgan fingerprint density at radius 1 is 1.00 bits per heavy atom. The third-order valence-corrected chi connectivity index (χ3v) is 0. The monoisotopic (exact) mass is 261 g/mol. The molecule has 0 unspecified atom stereocenters. The molecule has 0 aliphatic rings. The van der Waals surface area contributed by atoms with Crippen LogP contribution in [0.25, 0.3) is 0 Å². The van der Waals surface area contributed by atoms with Crippen LogP contribution < -0.4 is 0 Å². The molecule has 0 aromatic carbocycles. The van der Waals surface area contributed by atoms with Gasteiger partial charge in [0.1, 0.15) is 0 Å². The van der Waals surface area contributed by atoms with Gasteiger partial charge in [-0.3, -0.25) is 0 Å². The van der Waals surface area contributed by atoms with Crippen LogP contribution in [0, 0.1) is 0 Å². The second-order valence-electron chi connectivity index (χ2n) is 0. The Balaban J connectivity index is 0. The molecule has 0 N–H and O–H groups in total. The zero-order valence-electron chi connectivity index (χ0n) is 2.35. The van der Waals surface area contributed by atoms with E-state index in [1.165, 1.54) is 0 Å². The van der Waals surface area contributed by atoms with Gasteiger partial charge in [0, 0.05) is 121 Å². The molecular weight excluding hydrogens is 260 g/mol. The van der Waals surface area contributed by atoms with Gasteiger partial charge in [-0.05, 0) is 0 Å². The maximum Gasteiger partial charge on any atom is 0 e. The van der Waals surface area contributed by atoms with Crippen molar-refractivity contribution in [3.8, 4) is 0 Å². The van der Waals surface area contributed by atoms with Crippen molar-refractivity contribution in [3.05, 3.63) is 0 Å². The van der Waals surface area contributed by atoms with Crippen LogP contribution in [0.4, 0.5) is 0 Å². The van der Waals surface area contributed by atoms with E-state index in [4.69, 9.17) is 0 Å². The van der Waals surface area contributed by atoms with Gasteiger partial charge in [-0.1, -0.05) is 0 Å². The van der Waals surface area contributed by atoms with E-state index in [9.17, 15) is 0 Å². The van der Waals surface area contributed by atoms with Crippen molar-refractivity contribution in [1.82, 2.24) is 0 Å². The Morgan fingerprint density at radius 2 is 1.00 bits per heavy atom. The summed E-state index contributed by atoms with van der Waals surface area (Å²) in [5.74, 6) is 0. The van der Waals surface area contributed by atoms with Crippen molar-refractivity contribution < 1.29 is 17.1 Å². The van der Waals surface area contributed by atoms with Crippen molar-refractivity contribution >= 4 is 104 Å². The molecule has 0 saturated carbocycles. The molecule has 0 rings (SSSR count). The van der Waals surface area contributed by atoms with E-state index in [1.807, 2.05) is 0 Å². The molecule has 4 heavy (non-hydrogen) atoms. The maximum atomic E-state index is 0. The normalized spacial score (nSPS) is 0. The van der Waals surface area contributed by atoms with Gasteiger partial charge in [-0.15, -0.1) is 0 Å². The minimum atomic E-state index is 0. The zero-order valence-corrected chi connectivity index (χ0v) is 11.3. The second-order valence-corrected chi connectivity index (χ2v) is 0. The summed E-state index contributed by atoms with van der Waals surface area (Å²) in [7, 11) is 0. The minimum absolute atomic E-state index is 0. The summed E-state index contributed by atoms with van der Waals surface area (Å²) in [4.78, 5) is 0. The Hall–Kier alpha value is 3.88. The molecule has 0 aromatic rings. The van der Waals surface area contributed by atoms with Gasteiger partial charge in [0.15, 0.2) is 0 Å². The topological polar surface area (TPSA) is 0 Å². The molecule has 0 spiro atoms. The second kappa shape index (κ2) is 15.8. The van der Waals surface area contributed by atoms with Crippen LogP contribution in [-0.2, 0) is 17.1 Å². The molecule has 0 aliphatic carbocycles. The summed E-state index contributed by atoms with van der Waals surface area (Å²) in [6, 6.07) is 0. The molecule has 0 amide bonds. The fraction of sp³-hybridized carbons (Fsp3) is 0. The third-order valence-electron chi connectivity index (χ3n) is 0. The minimum Gasteiger partial charge on any atom is 0 e. The summed E-state index contributed by atoms with van der Waals surface area (Å²) in [5, 5.41) is 0. The maximum absolute atomic E-state index is 0. The van der Waals surface area contributed by atoms with Crippen molar-refractivity contribution in [2.45, 2.75) is 0 Å². The number of rotatable bonds is 0. The molecule has 7 radical (unpaired) electrons. The Morgan fingerprint density at radius 3 is 1.00 bits per heavy atom. The van der Waals surface area contributed by atoms with Gasteiger partial charge in [-0.2, -0.15) is 0 Å². The van der Waals surface area contributed by atoms with Crippen LogP contribution >= 0.6 is 0 Å². The molecule has 0 atom stereocenters. The van der Waals surface area contributed by atoms with Crippen molar-refractivity contribution in [1.29, 1.82) is 0 Å². The van der Waals surface area contributed by atoms with Crippen LogP contribution in [-0.4, -0.2) is 104 Å². The first-order valence-electron chi connectivity index (χ1n) is 0. The van der Waals surface area contributed by atoms with Crippen LogP contribution in [0.2, 0.25) is 0 Å². The summed E-state index contributed by atoms with van der Waals surface area (Å²) in [6.45, 7) is 0. The van der Waals surface area contributed by atoms with Crippen molar-refractivity contribution in [2.75, 3.05) is 0 Å². The summed E-state index contributed by atoms with van der Waals surface area (Å²) in [6.07, 6.45) is 0. The van der Waals surface area contributed by atoms with Gasteiger partial charge in [-0.25, -0.2) is 0 Å². The number of hydrogen-bond donors (Lipinski definition) is 0. The molecular formula is AlBaCaFe. The van der Waals surface area contributed by atoms with Gasteiger partial charge in [0.05, 0.1) is 0 Å². The molecule has 0 bridgehead atoms. The zero-order chi connectivity index (χ0) is 0. The van der Waals surface area contributed by atoms with E-state index < -0.39 is 0 Å². The van der Waals surface area contributed by atoms with Gasteiger partial charge < -0.3 is 0 Å². The molecule has 0 aromatic heterocycles. The number of hydrogen-bond acceptors (Lipinski definition) is 0. The summed E-state index contributed by atoms with van der Waals surface area (Å²) < 4.78 is 0. The molecule has 0 aliphatic heterocycles. The third kappa shape index (κ3) is 9.30. The Bertz CT molecular complexity index is 8.00. The quantitative estimate of drug-likeness (QED) is 0.483. The average molecular weight is 260 g/mol. The summed E-state index contributed by atoms with van der Waals surface area (Å²) >= 11 is 0. The molecule has 0 fully saturated rings. The first-order chi connectivity index (χ1) is 0. The van der Waals surface area contributed by atoms with E-state index in [2.05, 4.69) is 0 Å². The van der Waals surface area contributed by atoms with E-state index >= 15 is 0 Å². The van der Waals surface area contributed by atoms with Crippen LogP contribution in [0.3, 0.4) is 0 Å². The largest absolute Gasteiger partial charge is 0 e. The predicted octanol–water partition coefficient (Wildman–Crippen LogP) is -1.14. The molecule has 4 heteroatoms. The van der Waals surface area contributed by atoms with E-state index in [0.29, 0.717) is 0 Å². The van der Waals surface area contributed by atoms with Crippen LogP contribution in [0.15, 0.2) is 0 Å². The van der Waals surface area contributed by atoms with Gasteiger partial charge >= 0.3 is 0 Å². The van der Waals surface area contributed by atoms with Gasteiger partial charge in [0.25, 0.3) is 0 Å². The van der Waals surface area contributed by atoms with E-state index in [0.717, 1.165) is 0 Å². The first-order valence-corrected chi connectivity index (χ1v) is 0. The smallest absolute Gasteiger partial charge is 0 e. The van der Waals surface area contributed by atoms with Crippen molar-refractivity contribution in [3.63, 3.8) is 0 Å². The first kappa shape index (κ1) is 24.8. The molecule has 0 heterocycles.